The molecular formula is C19H24FN3O4S. The number of nitrogens with zero attached hydrogens (tertiary/aromatic N) is 2. The quantitative estimate of drug-likeness (QED) is 0.686. The predicted octanol–water partition coefficient (Wildman–Crippen LogP) is 3.02. The molecule has 0 radical (unpaired) electrons. The molecule has 2 aromatic heterocycles. The summed E-state index contributed by atoms with van der Waals surface area (Å²) in [4.78, 5) is 20.5. The van der Waals surface area contributed by atoms with E-state index in [9.17, 15) is 9.18 Å². The Morgan fingerprint density at radius 1 is 1.36 bits per heavy atom. The molecule has 2 aromatic rings. The molecule has 2 saturated carbocycles. The van der Waals surface area contributed by atoms with E-state index < -0.39 is 5.67 Å². The highest BCUT2D eigenvalue weighted by Crippen LogP contribution is 2.39. The minimum absolute atomic E-state index is 0.0587. The van der Waals surface area contributed by atoms with Crippen molar-refractivity contribution in [1.82, 2.24) is 15.3 Å². The second-order valence-electron chi connectivity index (χ2n) is 7.68. The van der Waals surface area contributed by atoms with Gasteiger partial charge in [0.05, 0.1) is 12.7 Å². The average molecular weight is 409 g/mol. The van der Waals surface area contributed by atoms with Crippen molar-refractivity contribution in [2.75, 3.05) is 13.2 Å². The Hall–Kier alpha value is -2.00. The van der Waals surface area contributed by atoms with Crippen LogP contribution in [-0.4, -0.2) is 53.0 Å². The molecule has 2 fully saturated rings. The van der Waals surface area contributed by atoms with Crippen LogP contribution in [0.15, 0.2) is 12.1 Å². The summed E-state index contributed by atoms with van der Waals surface area (Å²) in [5, 5.41) is 3.36. The number of fused-ring (bicyclic) bond motifs is 1. The number of carbonyl (C=O) groups is 1. The molecule has 1 atom stereocenters. The number of alkyl halides is 1. The van der Waals surface area contributed by atoms with E-state index in [4.69, 9.17) is 14.2 Å². The van der Waals surface area contributed by atoms with Crippen molar-refractivity contribution in [2.45, 2.75) is 63.4 Å². The summed E-state index contributed by atoms with van der Waals surface area (Å²) in [6.45, 7) is 3.63. The van der Waals surface area contributed by atoms with Gasteiger partial charge in [-0.15, -0.1) is 0 Å². The van der Waals surface area contributed by atoms with Gasteiger partial charge in [-0.05, 0) is 25.8 Å². The number of carbonyl (C=O) groups excluding carboxylic acids is 1. The molecule has 0 aliphatic heterocycles. The van der Waals surface area contributed by atoms with Crippen LogP contribution < -0.4 is 14.8 Å². The molecule has 0 spiro atoms. The van der Waals surface area contributed by atoms with Crippen LogP contribution in [0, 0.1) is 0 Å². The molecule has 0 bridgehead atoms. The lowest BCUT2D eigenvalue weighted by molar-refractivity contribution is -0.125. The van der Waals surface area contributed by atoms with Crippen molar-refractivity contribution in [1.29, 1.82) is 0 Å². The smallest absolute Gasteiger partial charge is 0.276 e. The maximum absolute atomic E-state index is 14.7. The summed E-state index contributed by atoms with van der Waals surface area (Å²) < 4.78 is 31.6. The average Bonchev–Trinajstić information content (AvgIpc) is 3.32. The first-order valence-corrected chi connectivity index (χ1v) is 10.3. The third-order valence-electron chi connectivity index (χ3n) is 4.70. The summed E-state index contributed by atoms with van der Waals surface area (Å²) in [5.41, 5.74) is -0.652. The second kappa shape index (κ2) is 7.79. The van der Waals surface area contributed by atoms with Gasteiger partial charge >= 0.3 is 0 Å². The van der Waals surface area contributed by atoms with Gasteiger partial charge in [0.2, 0.25) is 11.8 Å². The summed E-state index contributed by atoms with van der Waals surface area (Å²) in [6.07, 6.45) is 2.85. The van der Waals surface area contributed by atoms with Crippen molar-refractivity contribution < 1.29 is 23.4 Å². The van der Waals surface area contributed by atoms with E-state index >= 15 is 0 Å². The molecule has 28 heavy (non-hydrogen) atoms. The fourth-order valence-corrected chi connectivity index (χ4v) is 3.95. The van der Waals surface area contributed by atoms with Gasteiger partial charge in [0.25, 0.3) is 5.19 Å². The normalized spacial score (nSPS) is 25.2. The van der Waals surface area contributed by atoms with E-state index in [1.54, 1.807) is 6.07 Å². The maximum atomic E-state index is 14.7. The SMILES string of the molecule is CC(=O)N[C@@H](C)COC1CC(F)(COc2ccc3nc(OC4CC4)sc3n2)C1. The van der Waals surface area contributed by atoms with Gasteiger partial charge in [-0.2, -0.15) is 0 Å². The number of hydrogen-bond donors (Lipinski definition) is 1. The number of pyridine rings is 1. The van der Waals surface area contributed by atoms with Crippen molar-refractivity contribution in [2.24, 2.45) is 0 Å². The Balaban J connectivity index is 1.23. The van der Waals surface area contributed by atoms with Crippen LogP contribution in [0.25, 0.3) is 10.3 Å². The molecule has 4 rings (SSSR count). The molecule has 7 nitrogen and oxygen atoms in total. The molecule has 9 heteroatoms. The summed E-state index contributed by atoms with van der Waals surface area (Å²) >= 11 is 1.38. The number of nitrogens with one attached hydrogen (secondary N) is 1. The van der Waals surface area contributed by atoms with Crippen LogP contribution >= 0.6 is 11.3 Å². The monoisotopic (exact) mass is 409 g/mol. The van der Waals surface area contributed by atoms with Gasteiger partial charge in [-0.25, -0.2) is 14.4 Å². The Kier molecular flexibility index (Phi) is 5.37. The Labute approximate surface area is 166 Å². The van der Waals surface area contributed by atoms with Crippen molar-refractivity contribution >= 4 is 27.6 Å². The number of ether oxygens (including phenoxy) is 3. The largest absolute Gasteiger partial charge is 0.474 e. The van der Waals surface area contributed by atoms with Gasteiger partial charge in [-0.1, -0.05) is 11.3 Å². The Bertz CT molecular complexity index is 851. The maximum Gasteiger partial charge on any atom is 0.276 e. The van der Waals surface area contributed by atoms with Crippen molar-refractivity contribution in [3.63, 3.8) is 0 Å². The first kappa shape index (κ1) is 19.3. The number of amides is 1. The van der Waals surface area contributed by atoms with Crippen molar-refractivity contribution in [3.8, 4) is 11.1 Å². The first-order valence-electron chi connectivity index (χ1n) is 9.53. The molecule has 152 valence electrons. The molecule has 1 amide bonds. The van der Waals surface area contributed by atoms with Crippen LogP contribution in [0.4, 0.5) is 4.39 Å². The molecular weight excluding hydrogens is 385 g/mol. The van der Waals surface area contributed by atoms with E-state index in [1.807, 2.05) is 13.0 Å². The third-order valence-corrected chi connectivity index (χ3v) is 5.56. The fourth-order valence-electron chi connectivity index (χ4n) is 3.10. The van der Waals surface area contributed by atoms with E-state index in [0.717, 1.165) is 23.2 Å². The summed E-state index contributed by atoms with van der Waals surface area (Å²) in [7, 11) is 0. The molecule has 0 unspecified atom stereocenters. The lowest BCUT2D eigenvalue weighted by atomic mass is 9.79. The van der Waals surface area contributed by atoms with Gasteiger partial charge < -0.3 is 19.5 Å². The number of hydrogen-bond acceptors (Lipinski definition) is 7. The van der Waals surface area contributed by atoms with Crippen LogP contribution in [0.1, 0.15) is 39.5 Å². The number of halogens is 1. The van der Waals surface area contributed by atoms with Crippen LogP contribution in [-0.2, 0) is 9.53 Å². The van der Waals surface area contributed by atoms with E-state index in [-0.39, 0.29) is 43.6 Å². The van der Waals surface area contributed by atoms with Gasteiger partial charge in [0.1, 0.15) is 23.9 Å². The zero-order valence-electron chi connectivity index (χ0n) is 15.9. The standard InChI is InChI=1S/C19H24FN3O4S/c1-11(21-12(2)24)9-25-14-7-19(20,8-14)10-26-16-6-5-15-17(23-16)28-18(22-15)27-13-3-4-13/h5-6,11,13-14H,3-4,7-10H2,1-2H3,(H,21,24)/t11-,14?,19?/m0/s1. The van der Waals surface area contributed by atoms with Gasteiger partial charge in [0.15, 0.2) is 4.83 Å². The molecule has 0 saturated heterocycles. The number of thiazole rings is 1. The molecule has 2 heterocycles. The molecule has 2 aliphatic rings. The van der Waals surface area contributed by atoms with Crippen LogP contribution in [0.3, 0.4) is 0 Å². The lowest BCUT2D eigenvalue weighted by Gasteiger charge is -2.40. The van der Waals surface area contributed by atoms with Crippen LogP contribution in [0.5, 0.6) is 11.1 Å². The highest BCUT2D eigenvalue weighted by molar-refractivity contribution is 7.19. The van der Waals surface area contributed by atoms with Crippen LogP contribution in [0.2, 0.25) is 0 Å². The van der Waals surface area contributed by atoms with E-state index in [0.29, 0.717) is 17.7 Å². The second-order valence-corrected chi connectivity index (χ2v) is 8.62. The van der Waals surface area contributed by atoms with E-state index in [1.165, 1.54) is 18.3 Å². The first-order chi connectivity index (χ1) is 13.4. The Morgan fingerprint density at radius 2 is 2.14 bits per heavy atom. The molecule has 2 aliphatic carbocycles. The lowest BCUT2D eigenvalue weighted by Crippen LogP contribution is -2.50. The molecule has 1 N–H and O–H groups in total. The topological polar surface area (TPSA) is 82.6 Å². The van der Waals surface area contributed by atoms with E-state index in [2.05, 4.69) is 15.3 Å². The van der Waals surface area contributed by atoms with Crippen molar-refractivity contribution in [3.05, 3.63) is 12.1 Å². The highest BCUT2D eigenvalue weighted by Gasteiger charge is 2.46. The van der Waals surface area contributed by atoms with Gasteiger partial charge in [-0.3, -0.25) is 4.79 Å². The summed E-state index contributed by atoms with van der Waals surface area (Å²) in [5.74, 6) is 0.282. The van der Waals surface area contributed by atoms with Gasteiger partial charge in [0, 0.05) is 31.9 Å². The fraction of sp³-hybridized carbons (Fsp3) is 0.632. The predicted molar refractivity (Wildman–Crippen MR) is 103 cm³/mol. The molecule has 0 aromatic carbocycles. The number of aromatic nitrogens is 2. The minimum Gasteiger partial charge on any atom is -0.474 e. The third kappa shape index (κ3) is 4.88. The Morgan fingerprint density at radius 3 is 2.86 bits per heavy atom. The number of rotatable bonds is 9. The zero-order chi connectivity index (χ0) is 19.7. The zero-order valence-corrected chi connectivity index (χ0v) is 16.8. The summed E-state index contributed by atoms with van der Waals surface area (Å²) in [6, 6.07) is 3.43. The highest BCUT2D eigenvalue weighted by atomic mass is 32.1. The minimum atomic E-state index is -1.41.